The SMILES string of the molecule is Cc1ccc(Cc2cc[nH]c2CC(=O)C(=O)c2nn[nH]n2)cc1. The van der Waals surface area contributed by atoms with Gasteiger partial charge in [-0.3, -0.25) is 9.59 Å². The first kappa shape index (κ1) is 14.8. The molecule has 0 fully saturated rings. The minimum atomic E-state index is -0.741. The molecular weight excluding hydrogens is 294 g/mol. The zero-order valence-corrected chi connectivity index (χ0v) is 12.5. The molecule has 0 radical (unpaired) electrons. The second-order valence-electron chi connectivity index (χ2n) is 5.31. The zero-order valence-electron chi connectivity index (χ0n) is 12.5. The Kier molecular flexibility index (Phi) is 4.09. The van der Waals surface area contributed by atoms with Crippen LogP contribution in [0.25, 0.3) is 0 Å². The number of hydrogen-bond acceptors (Lipinski definition) is 5. The Morgan fingerprint density at radius 3 is 2.61 bits per heavy atom. The summed E-state index contributed by atoms with van der Waals surface area (Å²) in [7, 11) is 0. The van der Waals surface area contributed by atoms with E-state index in [0.29, 0.717) is 6.42 Å². The van der Waals surface area contributed by atoms with Gasteiger partial charge in [-0.25, -0.2) is 0 Å². The number of aromatic nitrogens is 5. The van der Waals surface area contributed by atoms with E-state index in [-0.39, 0.29) is 12.2 Å². The molecule has 3 aromatic rings. The number of carbonyl (C=O) groups is 2. The smallest absolute Gasteiger partial charge is 0.269 e. The van der Waals surface area contributed by atoms with Gasteiger partial charge in [0.2, 0.25) is 11.6 Å². The van der Waals surface area contributed by atoms with Gasteiger partial charge in [0.1, 0.15) is 0 Å². The Hall–Kier alpha value is -3.09. The molecule has 2 heterocycles. The highest BCUT2D eigenvalue weighted by Crippen LogP contribution is 2.15. The van der Waals surface area contributed by atoms with Crippen molar-refractivity contribution in [1.82, 2.24) is 25.6 Å². The fourth-order valence-electron chi connectivity index (χ4n) is 2.32. The van der Waals surface area contributed by atoms with E-state index in [1.54, 1.807) is 6.20 Å². The monoisotopic (exact) mass is 309 g/mol. The second kappa shape index (κ2) is 6.35. The van der Waals surface area contributed by atoms with Gasteiger partial charge in [-0.2, -0.15) is 5.21 Å². The maximum atomic E-state index is 12.1. The average Bonchev–Trinajstić information content (AvgIpc) is 3.21. The van der Waals surface area contributed by atoms with Crippen LogP contribution in [0.3, 0.4) is 0 Å². The lowest BCUT2D eigenvalue weighted by Gasteiger charge is -2.04. The Balaban J connectivity index is 1.72. The number of rotatable bonds is 6. The number of tetrazole rings is 1. The fraction of sp³-hybridized carbons (Fsp3) is 0.188. The van der Waals surface area contributed by atoms with Crippen LogP contribution in [0.15, 0.2) is 36.5 Å². The maximum absolute atomic E-state index is 12.1. The van der Waals surface area contributed by atoms with Crippen LogP contribution in [0, 0.1) is 6.92 Å². The molecule has 0 aliphatic carbocycles. The Morgan fingerprint density at radius 1 is 1.13 bits per heavy atom. The van der Waals surface area contributed by atoms with E-state index >= 15 is 0 Å². The summed E-state index contributed by atoms with van der Waals surface area (Å²) in [6.07, 6.45) is 2.45. The molecular formula is C16H15N5O2. The minimum Gasteiger partial charge on any atom is -0.364 e. The Bertz CT molecular complexity index is 819. The molecule has 116 valence electrons. The lowest BCUT2D eigenvalue weighted by molar-refractivity contribution is -0.114. The Morgan fingerprint density at radius 2 is 1.91 bits per heavy atom. The molecule has 0 atom stereocenters. The molecule has 0 aliphatic rings. The normalized spacial score (nSPS) is 10.7. The first-order valence-electron chi connectivity index (χ1n) is 7.15. The van der Waals surface area contributed by atoms with E-state index in [1.807, 2.05) is 25.1 Å². The molecule has 0 unspecified atom stereocenters. The molecule has 0 amide bonds. The number of H-pyrrole nitrogens is 2. The third kappa shape index (κ3) is 3.39. The number of nitrogens with one attached hydrogen (secondary N) is 2. The summed E-state index contributed by atoms with van der Waals surface area (Å²) >= 11 is 0. The summed E-state index contributed by atoms with van der Waals surface area (Å²) in [4.78, 5) is 27.0. The van der Waals surface area contributed by atoms with Crippen LogP contribution in [0.5, 0.6) is 0 Å². The topological polar surface area (TPSA) is 104 Å². The van der Waals surface area contributed by atoms with Gasteiger partial charge < -0.3 is 4.98 Å². The predicted molar refractivity (Wildman–Crippen MR) is 82.0 cm³/mol. The summed E-state index contributed by atoms with van der Waals surface area (Å²) in [6.45, 7) is 2.04. The molecule has 2 aromatic heterocycles. The summed E-state index contributed by atoms with van der Waals surface area (Å²) in [5.74, 6) is -1.52. The van der Waals surface area contributed by atoms with Crippen LogP contribution in [0.2, 0.25) is 0 Å². The molecule has 23 heavy (non-hydrogen) atoms. The molecule has 7 heteroatoms. The summed E-state index contributed by atoms with van der Waals surface area (Å²) in [5.41, 5.74) is 4.06. The first-order valence-corrected chi connectivity index (χ1v) is 7.15. The molecule has 0 saturated carbocycles. The van der Waals surface area contributed by atoms with Crippen molar-refractivity contribution in [2.75, 3.05) is 0 Å². The van der Waals surface area contributed by atoms with Crippen molar-refractivity contribution >= 4 is 11.6 Å². The number of aryl methyl sites for hydroxylation is 1. The fourth-order valence-corrected chi connectivity index (χ4v) is 2.32. The van der Waals surface area contributed by atoms with Crippen LogP contribution in [-0.4, -0.2) is 37.2 Å². The molecule has 2 N–H and O–H groups in total. The predicted octanol–water partition coefficient (Wildman–Crippen LogP) is 1.42. The van der Waals surface area contributed by atoms with E-state index in [4.69, 9.17) is 0 Å². The van der Waals surface area contributed by atoms with Crippen LogP contribution >= 0.6 is 0 Å². The van der Waals surface area contributed by atoms with Gasteiger partial charge >= 0.3 is 0 Å². The standard InChI is InChI=1S/C16H15N5O2/c1-10-2-4-11(5-3-10)8-12-6-7-17-13(12)9-14(22)15(23)16-18-20-21-19-16/h2-7,17H,8-9H2,1H3,(H,18,19,20,21). The van der Waals surface area contributed by atoms with E-state index in [1.165, 1.54) is 5.56 Å². The van der Waals surface area contributed by atoms with Gasteiger partial charge in [-0.1, -0.05) is 29.8 Å². The van der Waals surface area contributed by atoms with Gasteiger partial charge in [0, 0.05) is 11.9 Å². The minimum absolute atomic E-state index is 0.0123. The highest BCUT2D eigenvalue weighted by molar-refractivity contribution is 6.43. The van der Waals surface area contributed by atoms with Crippen molar-refractivity contribution in [3.63, 3.8) is 0 Å². The number of ketones is 2. The van der Waals surface area contributed by atoms with Crippen molar-refractivity contribution in [3.8, 4) is 0 Å². The van der Waals surface area contributed by atoms with E-state index in [9.17, 15) is 9.59 Å². The van der Waals surface area contributed by atoms with E-state index < -0.39 is 11.6 Å². The molecule has 0 saturated heterocycles. The largest absolute Gasteiger partial charge is 0.364 e. The maximum Gasteiger partial charge on any atom is 0.269 e. The molecule has 1 aromatic carbocycles. The lowest BCUT2D eigenvalue weighted by Crippen LogP contribution is -2.19. The van der Waals surface area contributed by atoms with Crippen molar-refractivity contribution < 1.29 is 9.59 Å². The third-order valence-corrected chi connectivity index (χ3v) is 3.58. The Labute approximate surface area is 132 Å². The van der Waals surface area contributed by atoms with Crippen molar-refractivity contribution in [2.24, 2.45) is 0 Å². The van der Waals surface area contributed by atoms with Gasteiger partial charge in [0.25, 0.3) is 5.78 Å². The van der Waals surface area contributed by atoms with Crippen molar-refractivity contribution in [3.05, 3.63) is 64.7 Å². The summed E-state index contributed by atoms with van der Waals surface area (Å²) in [6, 6.07) is 10.1. The molecule has 0 spiro atoms. The van der Waals surface area contributed by atoms with Gasteiger partial charge in [-0.15, -0.1) is 10.2 Å². The number of nitrogens with zero attached hydrogens (tertiary/aromatic N) is 3. The van der Waals surface area contributed by atoms with Crippen molar-refractivity contribution in [1.29, 1.82) is 0 Å². The number of benzene rings is 1. The number of Topliss-reactive ketones (excluding diaryl/α,β-unsaturated/α-hetero) is 2. The molecule has 7 nitrogen and oxygen atoms in total. The van der Waals surface area contributed by atoms with E-state index in [0.717, 1.165) is 16.8 Å². The van der Waals surface area contributed by atoms with Gasteiger partial charge in [0.15, 0.2) is 0 Å². The lowest BCUT2D eigenvalue weighted by atomic mass is 10.0. The number of aromatic amines is 2. The summed E-state index contributed by atoms with van der Waals surface area (Å²) in [5, 5.41) is 12.5. The molecule has 0 aliphatic heterocycles. The first-order chi connectivity index (χ1) is 11.1. The average molecular weight is 309 g/mol. The highest BCUT2D eigenvalue weighted by Gasteiger charge is 2.22. The van der Waals surface area contributed by atoms with Crippen LogP contribution in [0.1, 0.15) is 33.0 Å². The quantitative estimate of drug-likeness (QED) is 0.529. The van der Waals surface area contributed by atoms with Gasteiger partial charge in [-0.05, 0) is 35.8 Å². The molecule has 3 rings (SSSR count). The zero-order chi connectivity index (χ0) is 16.2. The van der Waals surface area contributed by atoms with E-state index in [2.05, 4.69) is 37.7 Å². The second-order valence-corrected chi connectivity index (χ2v) is 5.31. The van der Waals surface area contributed by atoms with Crippen molar-refractivity contribution in [2.45, 2.75) is 19.8 Å². The third-order valence-electron chi connectivity index (χ3n) is 3.58. The van der Waals surface area contributed by atoms with Gasteiger partial charge in [0.05, 0.1) is 6.42 Å². The van der Waals surface area contributed by atoms with Crippen LogP contribution in [-0.2, 0) is 17.6 Å². The number of hydrogen-bond donors (Lipinski definition) is 2. The number of carbonyl (C=O) groups excluding carboxylic acids is 2. The molecule has 0 bridgehead atoms. The highest BCUT2D eigenvalue weighted by atomic mass is 16.2. The van der Waals surface area contributed by atoms with Crippen LogP contribution in [0.4, 0.5) is 0 Å². The summed E-state index contributed by atoms with van der Waals surface area (Å²) < 4.78 is 0. The van der Waals surface area contributed by atoms with Crippen LogP contribution < -0.4 is 0 Å².